The van der Waals surface area contributed by atoms with Crippen molar-refractivity contribution in [3.8, 4) is 0 Å². The van der Waals surface area contributed by atoms with E-state index in [-0.39, 0.29) is 0 Å². The van der Waals surface area contributed by atoms with E-state index in [9.17, 15) is 0 Å². The Bertz CT molecular complexity index is 254. The Balaban J connectivity index is 4.61. The summed E-state index contributed by atoms with van der Waals surface area (Å²) in [5.74, 6) is 0. The molecule has 0 spiro atoms. The molecule has 0 heterocycles. The minimum atomic E-state index is -2.12. The van der Waals surface area contributed by atoms with Gasteiger partial charge in [-0.05, 0) is 24.2 Å². The van der Waals surface area contributed by atoms with Crippen molar-refractivity contribution in [3.63, 3.8) is 0 Å². The minimum absolute atomic E-state index is 0.980. The summed E-state index contributed by atoms with van der Waals surface area (Å²) < 4.78 is 23.7. The smallest absolute Gasteiger partial charge is 0.337 e. The Morgan fingerprint density at radius 2 is 0.792 bits per heavy atom. The van der Waals surface area contributed by atoms with Crippen molar-refractivity contribution in [2.75, 3.05) is 28.4 Å². The average Bonchev–Trinajstić information content (AvgIpc) is 2.63. The van der Waals surface area contributed by atoms with Crippen LogP contribution in [0.3, 0.4) is 0 Å². The van der Waals surface area contributed by atoms with Gasteiger partial charge in [0.2, 0.25) is 0 Å². The number of hydrogen-bond acceptors (Lipinski definition) is 4. The highest BCUT2D eigenvalue weighted by Crippen LogP contribution is 2.30. The number of hydrogen-bond donors (Lipinski definition) is 0. The molecule has 0 aliphatic rings. The summed E-state index contributed by atoms with van der Waals surface area (Å²) >= 11 is 0. The number of rotatable bonds is 17. The van der Waals surface area contributed by atoms with E-state index in [1.54, 1.807) is 0 Å². The van der Waals surface area contributed by atoms with Gasteiger partial charge in [0.25, 0.3) is 0 Å². The lowest BCUT2D eigenvalue weighted by Gasteiger charge is -2.33. The van der Waals surface area contributed by atoms with Gasteiger partial charge < -0.3 is 17.7 Å². The van der Waals surface area contributed by atoms with Gasteiger partial charge in [0.1, 0.15) is 0 Å². The summed E-state index contributed by atoms with van der Waals surface area (Å²) in [5, 5.41) is 0. The SMILES string of the molecule is CCCCCC[Si](CC[Si](CCCCCC)(OC)OC)(OC)OC. The second kappa shape index (κ2) is 14.4. The lowest BCUT2D eigenvalue weighted by atomic mass is 10.2. The van der Waals surface area contributed by atoms with Gasteiger partial charge in [0.05, 0.1) is 0 Å². The summed E-state index contributed by atoms with van der Waals surface area (Å²) in [6, 6.07) is 4.11. The third kappa shape index (κ3) is 9.10. The van der Waals surface area contributed by atoms with Gasteiger partial charge >= 0.3 is 17.1 Å². The monoisotopic (exact) mass is 378 g/mol. The molecule has 0 aliphatic carbocycles. The van der Waals surface area contributed by atoms with Crippen LogP contribution >= 0.6 is 0 Å². The standard InChI is InChI=1S/C18H42O4Si2/c1-7-9-11-13-15-23(19-3,20-4)17-18-24(21-5,22-6)16-14-12-10-8-2/h7-18H2,1-6H3. The average molecular weight is 379 g/mol. The van der Waals surface area contributed by atoms with Crippen LogP contribution in [0.25, 0.3) is 0 Å². The van der Waals surface area contributed by atoms with Gasteiger partial charge in [-0.1, -0.05) is 65.2 Å². The second-order valence-electron chi connectivity index (χ2n) is 6.76. The van der Waals surface area contributed by atoms with E-state index in [1.807, 2.05) is 28.4 Å². The Morgan fingerprint density at radius 3 is 1.04 bits per heavy atom. The zero-order chi connectivity index (χ0) is 18.3. The third-order valence-corrected chi connectivity index (χ3v) is 12.9. The molecule has 0 aromatic heterocycles. The normalized spacial score (nSPS) is 12.8. The fourth-order valence-corrected chi connectivity index (χ4v) is 10.3. The Kier molecular flexibility index (Phi) is 14.6. The highest BCUT2D eigenvalue weighted by Gasteiger charge is 2.42. The van der Waals surface area contributed by atoms with Crippen molar-refractivity contribution in [2.45, 2.75) is 89.4 Å². The summed E-state index contributed by atoms with van der Waals surface area (Å²) in [7, 11) is 3.05. The van der Waals surface area contributed by atoms with Crippen LogP contribution < -0.4 is 0 Å². The maximum absolute atomic E-state index is 5.92. The molecule has 0 unspecified atom stereocenters. The lowest BCUT2D eigenvalue weighted by molar-refractivity contribution is 0.226. The van der Waals surface area contributed by atoms with Gasteiger partial charge in [0, 0.05) is 28.4 Å². The van der Waals surface area contributed by atoms with E-state index in [2.05, 4.69) is 13.8 Å². The van der Waals surface area contributed by atoms with Crippen LogP contribution in [0.2, 0.25) is 24.2 Å². The molecule has 0 fully saturated rings. The van der Waals surface area contributed by atoms with Crippen LogP contribution in [0.4, 0.5) is 0 Å². The molecular formula is C18H42O4Si2. The molecule has 146 valence electrons. The summed E-state index contributed by atoms with van der Waals surface area (Å²) in [4.78, 5) is 0. The van der Waals surface area contributed by atoms with Crippen molar-refractivity contribution in [3.05, 3.63) is 0 Å². The van der Waals surface area contributed by atoms with Gasteiger partial charge in [-0.25, -0.2) is 0 Å². The lowest BCUT2D eigenvalue weighted by Crippen LogP contribution is -2.46. The van der Waals surface area contributed by atoms with E-state index in [0.717, 1.165) is 24.2 Å². The van der Waals surface area contributed by atoms with Crippen LogP contribution in [0.5, 0.6) is 0 Å². The predicted molar refractivity (Wildman–Crippen MR) is 107 cm³/mol. The molecule has 24 heavy (non-hydrogen) atoms. The molecule has 0 amide bonds. The van der Waals surface area contributed by atoms with Crippen molar-refractivity contribution < 1.29 is 17.7 Å². The molecular weight excluding hydrogens is 336 g/mol. The van der Waals surface area contributed by atoms with Crippen molar-refractivity contribution in [1.82, 2.24) is 0 Å². The zero-order valence-electron chi connectivity index (χ0n) is 17.1. The molecule has 4 nitrogen and oxygen atoms in total. The van der Waals surface area contributed by atoms with Crippen LogP contribution in [-0.2, 0) is 17.7 Å². The van der Waals surface area contributed by atoms with Gasteiger partial charge in [-0.3, -0.25) is 0 Å². The molecule has 0 aliphatic heterocycles. The molecule has 0 bridgehead atoms. The highest BCUT2D eigenvalue weighted by molar-refractivity contribution is 6.73. The third-order valence-electron chi connectivity index (χ3n) is 5.20. The minimum Gasteiger partial charge on any atom is -0.398 e. The van der Waals surface area contributed by atoms with Gasteiger partial charge in [0.15, 0.2) is 0 Å². The molecule has 0 rings (SSSR count). The maximum Gasteiger partial charge on any atom is 0.337 e. The molecule has 0 aromatic carbocycles. The van der Waals surface area contributed by atoms with E-state index in [0.29, 0.717) is 0 Å². The summed E-state index contributed by atoms with van der Waals surface area (Å²) in [6.07, 6.45) is 10.1. The molecule has 0 N–H and O–H groups in total. The highest BCUT2D eigenvalue weighted by atomic mass is 28.4. The first-order valence-electron chi connectivity index (χ1n) is 9.78. The molecule has 6 heteroatoms. The summed E-state index contributed by atoms with van der Waals surface area (Å²) in [6.45, 7) is 4.49. The molecule has 0 radical (unpaired) electrons. The van der Waals surface area contributed by atoms with Gasteiger partial charge in [-0.15, -0.1) is 0 Å². The van der Waals surface area contributed by atoms with Crippen LogP contribution in [0, 0.1) is 0 Å². The van der Waals surface area contributed by atoms with Crippen LogP contribution in [0.15, 0.2) is 0 Å². The first kappa shape index (κ1) is 24.3. The van der Waals surface area contributed by atoms with Crippen molar-refractivity contribution >= 4 is 17.1 Å². The zero-order valence-corrected chi connectivity index (χ0v) is 19.1. The molecule has 0 aromatic rings. The predicted octanol–water partition coefficient (Wildman–Crippen LogP) is 5.62. The van der Waals surface area contributed by atoms with Crippen molar-refractivity contribution in [1.29, 1.82) is 0 Å². The Hall–Kier alpha value is 0.274. The largest absolute Gasteiger partial charge is 0.398 e. The summed E-state index contributed by atoms with van der Waals surface area (Å²) in [5.41, 5.74) is 0. The molecule has 0 atom stereocenters. The quantitative estimate of drug-likeness (QED) is 0.243. The fraction of sp³-hybridized carbons (Fsp3) is 1.00. The first-order valence-corrected chi connectivity index (χ1v) is 14.2. The molecule has 0 saturated carbocycles. The topological polar surface area (TPSA) is 36.9 Å². The van der Waals surface area contributed by atoms with Gasteiger partial charge in [-0.2, -0.15) is 0 Å². The Labute approximate surface area is 153 Å². The van der Waals surface area contributed by atoms with E-state index in [4.69, 9.17) is 17.7 Å². The van der Waals surface area contributed by atoms with Crippen molar-refractivity contribution in [2.24, 2.45) is 0 Å². The van der Waals surface area contributed by atoms with E-state index in [1.165, 1.54) is 51.4 Å². The fourth-order valence-electron chi connectivity index (χ4n) is 3.26. The Morgan fingerprint density at radius 1 is 0.458 bits per heavy atom. The first-order chi connectivity index (χ1) is 11.6. The van der Waals surface area contributed by atoms with Crippen LogP contribution in [0.1, 0.15) is 65.2 Å². The van der Waals surface area contributed by atoms with E-state index < -0.39 is 17.1 Å². The maximum atomic E-state index is 5.92. The molecule has 0 saturated heterocycles. The number of unbranched alkanes of at least 4 members (excludes halogenated alkanes) is 6. The second-order valence-corrected chi connectivity index (χ2v) is 14.0. The van der Waals surface area contributed by atoms with Crippen LogP contribution in [-0.4, -0.2) is 45.6 Å². The van der Waals surface area contributed by atoms with E-state index >= 15 is 0 Å².